The van der Waals surface area contributed by atoms with E-state index in [4.69, 9.17) is 0 Å². The summed E-state index contributed by atoms with van der Waals surface area (Å²) in [5, 5.41) is 18.0. The smallest absolute Gasteiger partial charge is 0.276 e. The molecular weight excluding hydrogens is 358 g/mol. The molecule has 1 fully saturated rings. The number of sulfonamides is 1. The van der Waals surface area contributed by atoms with Crippen LogP contribution in [0.15, 0.2) is 36.5 Å². The molecule has 1 aromatic carbocycles. The SMILES string of the molecule is CN(C)S(=O)(=O)C[C@@H]1CN(C(=O)c2cn(-c3ccccc3)nn2)C[C@H]1O. The van der Waals surface area contributed by atoms with Gasteiger partial charge < -0.3 is 10.0 Å². The van der Waals surface area contributed by atoms with Crippen molar-refractivity contribution >= 4 is 15.9 Å². The van der Waals surface area contributed by atoms with E-state index in [1.165, 1.54) is 29.9 Å². The molecule has 0 aliphatic carbocycles. The van der Waals surface area contributed by atoms with E-state index in [9.17, 15) is 18.3 Å². The first-order chi connectivity index (χ1) is 12.3. The number of hydrogen-bond acceptors (Lipinski definition) is 6. The first kappa shape index (κ1) is 18.5. The highest BCUT2D eigenvalue weighted by atomic mass is 32.2. The summed E-state index contributed by atoms with van der Waals surface area (Å²) in [6, 6.07) is 9.26. The van der Waals surface area contributed by atoms with Gasteiger partial charge in [-0.2, -0.15) is 0 Å². The van der Waals surface area contributed by atoms with E-state index in [1.807, 2.05) is 30.3 Å². The molecule has 26 heavy (non-hydrogen) atoms. The lowest BCUT2D eigenvalue weighted by molar-refractivity contribution is 0.0759. The fraction of sp³-hybridized carbons (Fsp3) is 0.438. The first-order valence-electron chi connectivity index (χ1n) is 8.13. The van der Waals surface area contributed by atoms with Crippen molar-refractivity contribution in [1.82, 2.24) is 24.2 Å². The number of hydrogen-bond donors (Lipinski definition) is 1. The second-order valence-corrected chi connectivity index (χ2v) is 8.71. The maximum atomic E-state index is 12.6. The van der Waals surface area contributed by atoms with Crippen molar-refractivity contribution < 1.29 is 18.3 Å². The Bertz CT molecular complexity index is 881. The van der Waals surface area contributed by atoms with Crippen molar-refractivity contribution in [3.05, 3.63) is 42.2 Å². The number of aliphatic hydroxyl groups excluding tert-OH is 1. The van der Waals surface area contributed by atoms with Gasteiger partial charge in [0.2, 0.25) is 10.0 Å². The molecule has 1 amide bonds. The molecule has 2 atom stereocenters. The van der Waals surface area contributed by atoms with Crippen LogP contribution in [0.2, 0.25) is 0 Å². The number of carbonyl (C=O) groups is 1. The third kappa shape index (κ3) is 3.76. The summed E-state index contributed by atoms with van der Waals surface area (Å²) in [6.07, 6.45) is 0.631. The fourth-order valence-corrected chi connectivity index (χ4v) is 4.00. The summed E-state index contributed by atoms with van der Waals surface area (Å²) in [5.74, 6) is -1.12. The Balaban J connectivity index is 1.71. The van der Waals surface area contributed by atoms with Gasteiger partial charge in [-0.05, 0) is 12.1 Å². The van der Waals surface area contributed by atoms with Gasteiger partial charge in [-0.15, -0.1) is 5.10 Å². The second-order valence-electron chi connectivity index (χ2n) is 6.48. The topological polar surface area (TPSA) is 109 Å². The van der Waals surface area contributed by atoms with Gasteiger partial charge in [-0.1, -0.05) is 23.4 Å². The van der Waals surface area contributed by atoms with Gasteiger partial charge in [0.1, 0.15) is 0 Å². The third-order valence-electron chi connectivity index (χ3n) is 4.41. The average Bonchev–Trinajstić information content (AvgIpc) is 3.22. The maximum absolute atomic E-state index is 12.6. The molecule has 0 unspecified atom stereocenters. The first-order valence-corrected chi connectivity index (χ1v) is 9.74. The van der Waals surface area contributed by atoms with Crippen molar-refractivity contribution in [2.24, 2.45) is 5.92 Å². The predicted octanol–water partition coefficient (Wildman–Crippen LogP) is -0.408. The Hall–Kier alpha value is -2.30. The van der Waals surface area contributed by atoms with E-state index in [0.29, 0.717) is 0 Å². The van der Waals surface area contributed by atoms with Gasteiger partial charge in [0.15, 0.2) is 5.69 Å². The maximum Gasteiger partial charge on any atom is 0.276 e. The van der Waals surface area contributed by atoms with Crippen LogP contribution < -0.4 is 0 Å². The molecule has 0 spiro atoms. The molecule has 10 heteroatoms. The molecule has 140 valence electrons. The number of rotatable bonds is 5. The molecule has 0 radical (unpaired) electrons. The minimum atomic E-state index is -3.46. The van der Waals surface area contributed by atoms with Crippen LogP contribution >= 0.6 is 0 Å². The highest BCUT2D eigenvalue weighted by Crippen LogP contribution is 2.21. The molecule has 3 rings (SSSR count). The molecular formula is C16H21N5O4S. The molecule has 2 aromatic rings. The van der Waals surface area contributed by atoms with Crippen molar-refractivity contribution in [3.8, 4) is 5.69 Å². The van der Waals surface area contributed by atoms with Crippen LogP contribution in [0.5, 0.6) is 0 Å². The minimum Gasteiger partial charge on any atom is -0.391 e. The van der Waals surface area contributed by atoms with Gasteiger partial charge in [-0.25, -0.2) is 17.4 Å². The number of nitrogens with zero attached hydrogens (tertiary/aromatic N) is 5. The highest BCUT2D eigenvalue weighted by molar-refractivity contribution is 7.89. The van der Waals surface area contributed by atoms with Crippen molar-refractivity contribution in [3.63, 3.8) is 0 Å². The third-order valence-corrected chi connectivity index (χ3v) is 6.37. The molecule has 1 aliphatic heterocycles. The fourth-order valence-electron chi connectivity index (χ4n) is 2.83. The zero-order valence-corrected chi connectivity index (χ0v) is 15.4. The van der Waals surface area contributed by atoms with Crippen molar-refractivity contribution in [1.29, 1.82) is 0 Å². The predicted molar refractivity (Wildman–Crippen MR) is 94.2 cm³/mol. The molecule has 9 nitrogen and oxygen atoms in total. The molecule has 1 saturated heterocycles. The standard InChI is InChI=1S/C16H21N5O4S/c1-19(2)26(24,25)11-12-8-20(10-15(12)22)16(23)14-9-21(18-17-14)13-6-4-3-5-7-13/h3-7,9,12,15,22H,8,10-11H2,1-2H3/t12-,15+/m0/s1. The number of β-amino-alcohol motifs (C(OH)–C–C–N with tert-alkyl or cyclic N) is 1. The van der Waals surface area contributed by atoms with Gasteiger partial charge in [-0.3, -0.25) is 4.79 Å². The lowest BCUT2D eigenvalue weighted by Gasteiger charge is -2.17. The molecule has 1 aromatic heterocycles. The Morgan fingerprint density at radius 2 is 1.96 bits per heavy atom. The van der Waals surface area contributed by atoms with Gasteiger partial charge >= 0.3 is 0 Å². The lowest BCUT2D eigenvalue weighted by atomic mass is 10.1. The highest BCUT2D eigenvalue weighted by Gasteiger charge is 2.38. The number of para-hydroxylation sites is 1. The molecule has 0 bridgehead atoms. The zero-order valence-electron chi connectivity index (χ0n) is 14.6. The van der Waals surface area contributed by atoms with E-state index in [2.05, 4.69) is 10.3 Å². The Kier molecular flexibility index (Phi) is 5.08. The summed E-state index contributed by atoms with van der Waals surface area (Å²) in [5.41, 5.74) is 0.924. The van der Waals surface area contributed by atoms with E-state index in [-0.39, 0.29) is 30.4 Å². The molecule has 1 aliphatic rings. The number of aromatic nitrogens is 3. The van der Waals surface area contributed by atoms with Crippen molar-refractivity contribution in [2.45, 2.75) is 6.10 Å². The summed E-state index contributed by atoms with van der Waals surface area (Å²) >= 11 is 0. The normalized spacial score (nSPS) is 20.7. The lowest BCUT2D eigenvalue weighted by Crippen LogP contribution is -2.33. The summed E-state index contributed by atoms with van der Waals surface area (Å²) in [7, 11) is -0.565. The quantitative estimate of drug-likeness (QED) is 0.757. The Morgan fingerprint density at radius 1 is 1.27 bits per heavy atom. The second kappa shape index (κ2) is 7.14. The van der Waals surface area contributed by atoms with E-state index in [0.717, 1.165) is 9.99 Å². The van der Waals surface area contributed by atoms with Crippen LogP contribution in [0.25, 0.3) is 5.69 Å². The van der Waals surface area contributed by atoms with Crippen LogP contribution in [0.3, 0.4) is 0 Å². The monoisotopic (exact) mass is 379 g/mol. The number of aliphatic hydroxyl groups is 1. The van der Waals surface area contributed by atoms with Gasteiger partial charge in [0.05, 0.1) is 23.7 Å². The summed E-state index contributed by atoms with van der Waals surface area (Å²) in [4.78, 5) is 14.0. The number of carbonyl (C=O) groups excluding carboxylic acids is 1. The van der Waals surface area contributed by atoms with Crippen LogP contribution in [-0.2, 0) is 10.0 Å². The summed E-state index contributed by atoms with van der Waals surface area (Å²) in [6.45, 7) is 0.232. The summed E-state index contributed by atoms with van der Waals surface area (Å²) < 4.78 is 26.7. The van der Waals surface area contributed by atoms with E-state index >= 15 is 0 Å². The van der Waals surface area contributed by atoms with Crippen LogP contribution in [0.1, 0.15) is 10.5 Å². The van der Waals surface area contributed by atoms with Crippen LogP contribution in [-0.4, -0.2) is 82.7 Å². The average molecular weight is 379 g/mol. The van der Waals surface area contributed by atoms with Gasteiger partial charge in [0.25, 0.3) is 5.91 Å². The number of likely N-dealkylation sites (tertiary alicyclic amines) is 1. The Labute approximate surface area is 151 Å². The van der Waals surface area contributed by atoms with Crippen LogP contribution in [0, 0.1) is 5.92 Å². The largest absolute Gasteiger partial charge is 0.391 e. The number of amides is 1. The molecule has 2 heterocycles. The minimum absolute atomic E-state index is 0.0741. The van der Waals surface area contributed by atoms with Crippen LogP contribution in [0.4, 0.5) is 0 Å². The van der Waals surface area contributed by atoms with Gasteiger partial charge in [0, 0.05) is 33.1 Å². The van der Waals surface area contributed by atoms with Crippen molar-refractivity contribution in [2.75, 3.05) is 32.9 Å². The van der Waals surface area contributed by atoms with E-state index < -0.39 is 22.0 Å². The molecule has 1 N–H and O–H groups in total. The van der Waals surface area contributed by atoms with E-state index in [1.54, 1.807) is 0 Å². The Morgan fingerprint density at radius 3 is 2.62 bits per heavy atom. The zero-order chi connectivity index (χ0) is 18.9. The molecule has 0 saturated carbocycles. The number of benzene rings is 1.